The van der Waals surface area contributed by atoms with Crippen LogP contribution in [0.4, 0.5) is 0 Å². The Bertz CT molecular complexity index is 476. The van der Waals surface area contributed by atoms with Crippen LogP contribution in [0, 0.1) is 11.3 Å². The number of benzene rings is 1. The molecule has 0 amide bonds. The van der Waals surface area contributed by atoms with E-state index in [4.69, 9.17) is 16.9 Å². The Kier molecular flexibility index (Phi) is 4.13. The number of hydrogen-bond acceptors (Lipinski definition) is 3. The average Bonchev–Trinajstić information content (AvgIpc) is 2.18. The molecule has 1 rings (SSSR count). The molecule has 0 aliphatic carbocycles. The lowest BCUT2D eigenvalue weighted by atomic mass is 10.4. The molecule has 0 aromatic heterocycles. The van der Waals surface area contributed by atoms with E-state index in [2.05, 4.69) is 0 Å². The van der Waals surface area contributed by atoms with E-state index in [9.17, 15) is 8.42 Å². The van der Waals surface area contributed by atoms with Crippen molar-refractivity contribution >= 4 is 21.4 Å². The van der Waals surface area contributed by atoms with Gasteiger partial charge in [0.15, 0.2) is 9.84 Å². The van der Waals surface area contributed by atoms with Crippen LogP contribution in [0.1, 0.15) is 12.8 Å². The smallest absolute Gasteiger partial charge is 0.179 e. The van der Waals surface area contributed by atoms with E-state index in [1.807, 2.05) is 6.07 Å². The monoisotopic (exact) mass is 243 g/mol. The molecule has 0 spiro atoms. The molecule has 0 aliphatic heterocycles. The second-order valence-electron chi connectivity index (χ2n) is 3.01. The molecule has 15 heavy (non-hydrogen) atoms. The van der Waals surface area contributed by atoms with Crippen LogP contribution in [-0.2, 0) is 9.84 Å². The Balaban J connectivity index is 2.88. The molecule has 0 N–H and O–H groups in total. The predicted molar refractivity (Wildman–Crippen MR) is 58.4 cm³/mol. The first-order chi connectivity index (χ1) is 7.08. The van der Waals surface area contributed by atoms with Gasteiger partial charge in [0.2, 0.25) is 0 Å². The molecule has 1 aromatic carbocycles. The highest BCUT2D eigenvalue weighted by Gasteiger charge is 2.16. The molecule has 0 bridgehead atoms. The SMILES string of the molecule is N#CCCCS(=O)(=O)c1ccccc1Cl. The predicted octanol–water partition coefficient (Wildman–Crippen LogP) is 2.42. The fourth-order valence-electron chi connectivity index (χ4n) is 1.15. The first-order valence-electron chi connectivity index (χ1n) is 4.42. The number of halogens is 1. The number of hydrogen-bond donors (Lipinski definition) is 0. The minimum absolute atomic E-state index is 0.0374. The molecular formula is C10H10ClNO2S. The molecule has 0 fully saturated rings. The number of nitriles is 1. The Hall–Kier alpha value is -1.05. The summed E-state index contributed by atoms with van der Waals surface area (Å²) in [6.07, 6.45) is 0.577. The van der Waals surface area contributed by atoms with Gasteiger partial charge in [0.05, 0.1) is 21.7 Å². The molecule has 0 aliphatic rings. The molecule has 0 heterocycles. The first kappa shape index (κ1) is 12.0. The fraction of sp³-hybridized carbons (Fsp3) is 0.300. The van der Waals surface area contributed by atoms with Gasteiger partial charge >= 0.3 is 0 Å². The van der Waals surface area contributed by atoms with Crippen molar-refractivity contribution in [2.24, 2.45) is 0 Å². The van der Waals surface area contributed by atoms with Crippen LogP contribution in [-0.4, -0.2) is 14.2 Å². The van der Waals surface area contributed by atoms with Crippen molar-refractivity contribution in [1.29, 1.82) is 5.26 Å². The summed E-state index contributed by atoms with van der Waals surface area (Å²) in [6, 6.07) is 8.23. The van der Waals surface area contributed by atoms with Crippen molar-refractivity contribution < 1.29 is 8.42 Å². The number of unbranched alkanes of at least 4 members (excludes halogenated alkanes) is 1. The molecule has 3 nitrogen and oxygen atoms in total. The van der Waals surface area contributed by atoms with E-state index in [0.29, 0.717) is 6.42 Å². The van der Waals surface area contributed by atoms with Gasteiger partial charge < -0.3 is 0 Å². The fourth-order valence-corrected chi connectivity index (χ4v) is 3.03. The molecular weight excluding hydrogens is 234 g/mol. The normalized spacial score (nSPS) is 10.9. The van der Waals surface area contributed by atoms with Gasteiger partial charge in [-0.1, -0.05) is 23.7 Å². The van der Waals surface area contributed by atoms with E-state index >= 15 is 0 Å². The minimum atomic E-state index is -3.35. The summed E-state index contributed by atoms with van der Waals surface area (Å²) in [5.74, 6) is -0.0374. The maximum atomic E-state index is 11.7. The van der Waals surface area contributed by atoms with E-state index in [-0.39, 0.29) is 22.1 Å². The zero-order valence-electron chi connectivity index (χ0n) is 7.98. The van der Waals surface area contributed by atoms with Crippen LogP contribution >= 0.6 is 11.6 Å². The standard InChI is InChI=1S/C10H10ClNO2S/c11-9-5-1-2-6-10(9)15(13,14)8-4-3-7-12/h1-2,5-6H,3-4,8H2. The van der Waals surface area contributed by atoms with Crippen LogP contribution in [0.3, 0.4) is 0 Å². The topological polar surface area (TPSA) is 57.9 Å². The Labute approximate surface area is 94.2 Å². The number of rotatable bonds is 4. The van der Waals surface area contributed by atoms with Gasteiger partial charge in [0.25, 0.3) is 0 Å². The lowest BCUT2D eigenvalue weighted by molar-refractivity contribution is 0.594. The summed E-state index contributed by atoms with van der Waals surface area (Å²) in [7, 11) is -3.35. The molecule has 80 valence electrons. The van der Waals surface area contributed by atoms with Gasteiger partial charge in [0, 0.05) is 6.42 Å². The average molecular weight is 244 g/mol. The third-order valence-corrected chi connectivity index (χ3v) is 4.17. The van der Waals surface area contributed by atoms with Crippen molar-refractivity contribution in [3.63, 3.8) is 0 Å². The summed E-state index contributed by atoms with van der Waals surface area (Å²) in [5.41, 5.74) is 0. The molecule has 5 heteroatoms. The third kappa shape index (κ3) is 3.22. The van der Waals surface area contributed by atoms with Crippen molar-refractivity contribution in [2.45, 2.75) is 17.7 Å². The van der Waals surface area contributed by atoms with Gasteiger partial charge in [-0.05, 0) is 18.6 Å². The molecule has 0 saturated carbocycles. The highest BCUT2D eigenvalue weighted by molar-refractivity contribution is 7.91. The van der Waals surface area contributed by atoms with Crippen molar-refractivity contribution in [2.75, 3.05) is 5.75 Å². The van der Waals surface area contributed by atoms with Crippen LogP contribution < -0.4 is 0 Å². The van der Waals surface area contributed by atoms with Crippen molar-refractivity contribution in [3.05, 3.63) is 29.3 Å². The van der Waals surface area contributed by atoms with E-state index < -0.39 is 9.84 Å². The maximum absolute atomic E-state index is 11.7. The summed E-state index contributed by atoms with van der Waals surface area (Å²) < 4.78 is 23.5. The quantitative estimate of drug-likeness (QED) is 0.763. The van der Waals surface area contributed by atoms with Crippen LogP contribution in [0.25, 0.3) is 0 Å². The summed E-state index contributed by atoms with van der Waals surface area (Å²) >= 11 is 5.78. The first-order valence-corrected chi connectivity index (χ1v) is 6.45. The van der Waals surface area contributed by atoms with Gasteiger partial charge in [-0.2, -0.15) is 5.26 Å². The largest absolute Gasteiger partial charge is 0.224 e. The van der Waals surface area contributed by atoms with E-state index in [0.717, 1.165) is 0 Å². The second kappa shape index (κ2) is 5.15. The second-order valence-corrected chi connectivity index (χ2v) is 5.50. The van der Waals surface area contributed by atoms with Crippen molar-refractivity contribution in [3.8, 4) is 6.07 Å². The maximum Gasteiger partial charge on any atom is 0.179 e. The number of nitrogens with zero attached hydrogens (tertiary/aromatic N) is 1. The summed E-state index contributed by atoms with van der Waals surface area (Å²) in [5, 5.41) is 8.55. The van der Waals surface area contributed by atoms with E-state index in [1.165, 1.54) is 6.07 Å². The van der Waals surface area contributed by atoms with Crippen molar-refractivity contribution in [1.82, 2.24) is 0 Å². The highest BCUT2D eigenvalue weighted by atomic mass is 35.5. The van der Waals surface area contributed by atoms with Gasteiger partial charge in [-0.3, -0.25) is 0 Å². The lowest BCUT2D eigenvalue weighted by Crippen LogP contribution is -2.07. The molecule has 0 unspecified atom stereocenters. The molecule has 0 radical (unpaired) electrons. The van der Waals surface area contributed by atoms with Gasteiger partial charge in [-0.15, -0.1) is 0 Å². The summed E-state index contributed by atoms with van der Waals surface area (Å²) in [6.45, 7) is 0. The van der Waals surface area contributed by atoms with Gasteiger partial charge in [0.1, 0.15) is 0 Å². The van der Waals surface area contributed by atoms with E-state index in [1.54, 1.807) is 18.2 Å². The zero-order valence-corrected chi connectivity index (χ0v) is 9.55. The minimum Gasteiger partial charge on any atom is -0.224 e. The van der Waals surface area contributed by atoms with Crippen LogP contribution in [0.5, 0.6) is 0 Å². The Morgan fingerprint density at radius 3 is 2.60 bits per heavy atom. The number of sulfone groups is 1. The molecule has 0 atom stereocenters. The molecule has 1 aromatic rings. The van der Waals surface area contributed by atoms with Crippen LogP contribution in [0.15, 0.2) is 29.2 Å². The zero-order chi connectivity index (χ0) is 11.3. The van der Waals surface area contributed by atoms with Crippen LogP contribution in [0.2, 0.25) is 5.02 Å². The Morgan fingerprint density at radius 1 is 1.33 bits per heavy atom. The third-order valence-electron chi connectivity index (χ3n) is 1.87. The Morgan fingerprint density at radius 2 is 2.00 bits per heavy atom. The lowest BCUT2D eigenvalue weighted by Gasteiger charge is -2.04. The highest BCUT2D eigenvalue weighted by Crippen LogP contribution is 2.22. The summed E-state index contributed by atoms with van der Waals surface area (Å²) in [4.78, 5) is 0.143. The molecule has 0 saturated heterocycles. The van der Waals surface area contributed by atoms with Gasteiger partial charge in [-0.25, -0.2) is 8.42 Å².